The molecule has 0 saturated carbocycles. The van der Waals surface area contributed by atoms with Crippen molar-refractivity contribution in [2.45, 2.75) is 39.9 Å². The van der Waals surface area contributed by atoms with E-state index in [4.69, 9.17) is 4.74 Å². The van der Waals surface area contributed by atoms with E-state index in [1.165, 1.54) is 27.9 Å². The van der Waals surface area contributed by atoms with Gasteiger partial charge in [-0.05, 0) is 37.1 Å². The first-order valence-electron chi connectivity index (χ1n) is 10.2. The molecule has 3 heteroatoms. The van der Waals surface area contributed by atoms with Crippen molar-refractivity contribution in [2.75, 3.05) is 20.3 Å². The van der Waals surface area contributed by atoms with Crippen LogP contribution in [0.4, 0.5) is 0 Å². The summed E-state index contributed by atoms with van der Waals surface area (Å²) in [5.74, 6) is 0. The summed E-state index contributed by atoms with van der Waals surface area (Å²) in [6, 6.07) is 22.1. The van der Waals surface area contributed by atoms with Crippen LogP contribution in [-0.4, -0.2) is 24.8 Å². The van der Waals surface area contributed by atoms with E-state index in [1.807, 2.05) is 0 Å². The van der Waals surface area contributed by atoms with Gasteiger partial charge in [-0.2, -0.15) is 0 Å². The maximum Gasteiger partial charge on any atom is 0.118 e. The molecule has 3 rings (SSSR count). The summed E-state index contributed by atoms with van der Waals surface area (Å²) >= 11 is 0. The Balaban J connectivity index is 1.72. The smallest absolute Gasteiger partial charge is 0.118 e. The van der Waals surface area contributed by atoms with Crippen LogP contribution >= 0.6 is 0 Å². The van der Waals surface area contributed by atoms with Gasteiger partial charge in [0.25, 0.3) is 0 Å². The van der Waals surface area contributed by atoms with Crippen LogP contribution in [0.2, 0.25) is 0 Å². The predicted octanol–water partition coefficient (Wildman–Crippen LogP) is 3.77. The van der Waals surface area contributed by atoms with E-state index >= 15 is 0 Å². The summed E-state index contributed by atoms with van der Waals surface area (Å²) in [5, 5.41) is 0. The molecule has 0 spiro atoms. The molecule has 3 aromatic rings. The molecule has 0 saturated heterocycles. The second kappa shape index (κ2) is 10.3. The molecule has 28 heavy (non-hydrogen) atoms. The number of hydrogen-bond donors (Lipinski definition) is 1. The molecule has 148 valence electrons. The van der Waals surface area contributed by atoms with Crippen LogP contribution in [0, 0.1) is 13.8 Å². The topological polar surface area (TPSA) is 18.6 Å². The maximum atomic E-state index is 5.29. The van der Waals surface area contributed by atoms with Gasteiger partial charge in [-0.1, -0.05) is 54.1 Å². The fraction of sp³-hybridized carbons (Fsp3) is 0.360. The van der Waals surface area contributed by atoms with Gasteiger partial charge in [0, 0.05) is 31.8 Å². The third-order valence-corrected chi connectivity index (χ3v) is 5.41. The standard InChI is InChI=1S/C25H32N2O/c1-21-11-13-23(14-12-21)18-26(15-7-17-28-3)20-25-10-6-16-27(25)19-24-9-5-4-8-22(24)2/h4-6,8-14,16H,7,15,17-20H2,1-3H3/p+1. The number of aryl methyl sites for hydroxylation is 2. The van der Waals surface area contributed by atoms with Crippen molar-refractivity contribution in [1.29, 1.82) is 0 Å². The van der Waals surface area contributed by atoms with Crippen molar-refractivity contribution >= 4 is 0 Å². The molecule has 0 bridgehead atoms. The Hall–Kier alpha value is -2.36. The Morgan fingerprint density at radius 1 is 0.893 bits per heavy atom. The van der Waals surface area contributed by atoms with Crippen molar-refractivity contribution in [1.82, 2.24) is 4.57 Å². The van der Waals surface area contributed by atoms with E-state index in [9.17, 15) is 0 Å². The molecular weight excluding hydrogens is 344 g/mol. The Morgan fingerprint density at radius 3 is 2.43 bits per heavy atom. The van der Waals surface area contributed by atoms with Crippen LogP contribution in [0.5, 0.6) is 0 Å². The summed E-state index contributed by atoms with van der Waals surface area (Å²) in [4.78, 5) is 1.57. The molecule has 1 unspecified atom stereocenters. The van der Waals surface area contributed by atoms with Crippen LogP contribution < -0.4 is 4.90 Å². The van der Waals surface area contributed by atoms with Crippen molar-refractivity contribution in [3.05, 3.63) is 94.8 Å². The Labute approximate surface area is 169 Å². The number of nitrogens with zero attached hydrogens (tertiary/aromatic N) is 1. The highest BCUT2D eigenvalue weighted by Crippen LogP contribution is 2.12. The van der Waals surface area contributed by atoms with E-state index in [2.05, 4.69) is 85.3 Å². The normalized spacial score (nSPS) is 12.2. The number of benzene rings is 2. The average Bonchev–Trinajstić information content (AvgIpc) is 3.12. The second-order valence-corrected chi connectivity index (χ2v) is 7.74. The Morgan fingerprint density at radius 2 is 1.68 bits per heavy atom. The number of ether oxygens (including phenoxy) is 1. The van der Waals surface area contributed by atoms with Crippen LogP contribution in [-0.2, 0) is 24.4 Å². The molecule has 3 nitrogen and oxygen atoms in total. The molecule has 0 fully saturated rings. The van der Waals surface area contributed by atoms with Gasteiger partial charge >= 0.3 is 0 Å². The van der Waals surface area contributed by atoms with E-state index in [0.717, 1.165) is 39.2 Å². The van der Waals surface area contributed by atoms with Crippen molar-refractivity contribution < 1.29 is 9.64 Å². The first-order chi connectivity index (χ1) is 13.7. The van der Waals surface area contributed by atoms with Crippen molar-refractivity contribution in [3.63, 3.8) is 0 Å². The molecule has 0 aliphatic rings. The first kappa shape index (κ1) is 20.4. The SMILES string of the molecule is COCCC[NH+](Cc1ccc(C)cc1)Cc1cccn1Cc1ccccc1C. The minimum absolute atomic E-state index is 0.821. The zero-order valence-electron chi connectivity index (χ0n) is 17.4. The molecule has 1 aromatic heterocycles. The van der Waals surface area contributed by atoms with Gasteiger partial charge in [0.15, 0.2) is 0 Å². The zero-order chi connectivity index (χ0) is 19.8. The summed E-state index contributed by atoms with van der Waals surface area (Å²) in [6.45, 7) is 9.27. The average molecular weight is 378 g/mol. The van der Waals surface area contributed by atoms with Gasteiger partial charge in [0.2, 0.25) is 0 Å². The number of quaternary nitrogens is 1. The Bertz CT molecular complexity index is 851. The number of hydrogen-bond acceptors (Lipinski definition) is 1. The fourth-order valence-electron chi connectivity index (χ4n) is 3.69. The lowest BCUT2D eigenvalue weighted by atomic mass is 10.1. The molecule has 0 radical (unpaired) electrons. The van der Waals surface area contributed by atoms with Gasteiger partial charge < -0.3 is 14.2 Å². The monoisotopic (exact) mass is 377 g/mol. The quantitative estimate of drug-likeness (QED) is 0.533. The summed E-state index contributed by atoms with van der Waals surface area (Å²) in [5.41, 5.74) is 6.85. The minimum atomic E-state index is 0.821. The number of methoxy groups -OCH3 is 1. The molecule has 0 amide bonds. The van der Waals surface area contributed by atoms with Gasteiger partial charge in [-0.3, -0.25) is 0 Å². The molecule has 0 aliphatic carbocycles. The van der Waals surface area contributed by atoms with Gasteiger partial charge in [0.05, 0.1) is 18.8 Å². The lowest BCUT2D eigenvalue weighted by molar-refractivity contribution is -0.928. The van der Waals surface area contributed by atoms with Crippen LogP contribution in [0.3, 0.4) is 0 Å². The third kappa shape index (κ3) is 5.82. The van der Waals surface area contributed by atoms with E-state index < -0.39 is 0 Å². The lowest BCUT2D eigenvalue weighted by Gasteiger charge is -2.21. The highest BCUT2D eigenvalue weighted by atomic mass is 16.5. The number of rotatable bonds is 10. The second-order valence-electron chi connectivity index (χ2n) is 7.74. The summed E-state index contributed by atoms with van der Waals surface area (Å²) in [6.07, 6.45) is 3.29. The largest absolute Gasteiger partial charge is 0.384 e. The van der Waals surface area contributed by atoms with E-state index in [1.54, 1.807) is 12.0 Å². The molecular formula is C25H33N2O+. The molecule has 0 aliphatic heterocycles. The Kier molecular flexibility index (Phi) is 7.46. The molecule has 1 atom stereocenters. The number of nitrogens with one attached hydrogen (secondary N) is 1. The van der Waals surface area contributed by atoms with Gasteiger partial charge in [-0.25, -0.2) is 0 Å². The van der Waals surface area contributed by atoms with E-state index in [0.29, 0.717) is 0 Å². The molecule has 1 heterocycles. The maximum absolute atomic E-state index is 5.29. The summed E-state index contributed by atoms with van der Waals surface area (Å²) in [7, 11) is 1.78. The van der Waals surface area contributed by atoms with Crippen molar-refractivity contribution in [2.24, 2.45) is 0 Å². The number of aromatic nitrogens is 1. The molecule has 2 aromatic carbocycles. The van der Waals surface area contributed by atoms with E-state index in [-0.39, 0.29) is 0 Å². The minimum Gasteiger partial charge on any atom is -0.384 e. The van der Waals surface area contributed by atoms with Gasteiger partial charge in [-0.15, -0.1) is 0 Å². The zero-order valence-corrected chi connectivity index (χ0v) is 17.4. The highest BCUT2D eigenvalue weighted by molar-refractivity contribution is 5.26. The fourth-order valence-corrected chi connectivity index (χ4v) is 3.69. The van der Waals surface area contributed by atoms with Gasteiger partial charge in [0.1, 0.15) is 13.1 Å². The molecule has 1 N–H and O–H groups in total. The summed E-state index contributed by atoms with van der Waals surface area (Å²) < 4.78 is 7.69. The first-order valence-corrected chi connectivity index (χ1v) is 10.2. The van der Waals surface area contributed by atoms with Crippen LogP contribution in [0.15, 0.2) is 66.9 Å². The highest BCUT2D eigenvalue weighted by Gasteiger charge is 2.14. The van der Waals surface area contributed by atoms with Crippen LogP contribution in [0.25, 0.3) is 0 Å². The van der Waals surface area contributed by atoms with Crippen molar-refractivity contribution in [3.8, 4) is 0 Å². The predicted molar refractivity (Wildman–Crippen MR) is 116 cm³/mol. The lowest BCUT2D eigenvalue weighted by Crippen LogP contribution is -3.09. The van der Waals surface area contributed by atoms with Crippen LogP contribution in [0.1, 0.15) is 34.4 Å². The third-order valence-electron chi connectivity index (χ3n) is 5.41.